The molecule has 3 aromatic rings. The topological polar surface area (TPSA) is 102 Å². The maximum Gasteiger partial charge on any atom is 0.412 e. The zero-order valence-electron chi connectivity index (χ0n) is 20.8. The fourth-order valence-corrected chi connectivity index (χ4v) is 5.27. The summed E-state index contributed by atoms with van der Waals surface area (Å²) in [5, 5.41) is 16.5. The molecule has 1 unspecified atom stereocenters. The Bertz CT molecular complexity index is 1240. The van der Waals surface area contributed by atoms with Gasteiger partial charge in [0.15, 0.2) is 5.76 Å². The maximum absolute atomic E-state index is 12.6. The van der Waals surface area contributed by atoms with Crippen molar-refractivity contribution < 1.29 is 24.0 Å². The van der Waals surface area contributed by atoms with Crippen LogP contribution >= 0.6 is 0 Å². The molecule has 36 heavy (non-hydrogen) atoms. The average molecular weight is 489 g/mol. The highest BCUT2D eigenvalue weighted by atomic mass is 16.6. The summed E-state index contributed by atoms with van der Waals surface area (Å²) in [6, 6.07) is 15.6. The van der Waals surface area contributed by atoms with Crippen LogP contribution in [0.15, 0.2) is 53.1 Å². The Labute approximate surface area is 210 Å². The number of aliphatic carboxylic acids is 1. The molecule has 2 fully saturated rings. The number of carbonyl (C=O) groups is 2. The number of carboxylic acid groups (broad SMARTS) is 1. The van der Waals surface area contributed by atoms with Crippen LogP contribution < -0.4 is 5.32 Å². The van der Waals surface area contributed by atoms with E-state index in [1.807, 2.05) is 55.5 Å². The Morgan fingerprint density at radius 1 is 1.00 bits per heavy atom. The summed E-state index contributed by atoms with van der Waals surface area (Å²) in [6.07, 6.45) is 6.60. The summed E-state index contributed by atoms with van der Waals surface area (Å²) >= 11 is 0. The lowest BCUT2D eigenvalue weighted by molar-refractivity contribution is -0.140. The molecule has 1 heterocycles. The third kappa shape index (κ3) is 4.74. The van der Waals surface area contributed by atoms with Crippen LogP contribution in [0.1, 0.15) is 63.2 Å². The molecule has 2 N–H and O–H groups in total. The number of ether oxygens (including phenoxy) is 1. The van der Waals surface area contributed by atoms with Gasteiger partial charge in [-0.05, 0) is 62.1 Å². The number of nitrogens with one attached hydrogen (secondary N) is 1. The summed E-state index contributed by atoms with van der Waals surface area (Å²) in [4.78, 5) is 24.2. The van der Waals surface area contributed by atoms with Crippen LogP contribution in [-0.2, 0) is 14.9 Å². The van der Waals surface area contributed by atoms with E-state index in [0.29, 0.717) is 35.9 Å². The van der Waals surface area contributed by atoms with E-state index >= 15 is 0 Å². The van der Waals surface area contributed by atoms with E-state index in [1.54, 1.807) is 6.92 Å². The Balaban J connectivity index is 1.28. The molecule has 1 amide bonds. The molecule has 2 aliphatic rings. The number of aryl methyl sites for hydroxylation is 1. The van der Waals surface area contributed by atoms with Crippen LogP contribution in [-0.4, -0.2) is 28.4 Å². The van der Waals surface area contributed by atoms with Crippen molar-refractivity contribution >= 4 is 17.7 Å². The van der Waals surface area contributed by atoms with Gasteiger partial charge in [-0.15, -0.1) is 0 Å². The first-order valence-electron chi connectivity index (χ1n) is 12.8. The second kappa shape index (κ2) is 9.80. The summed E-state index contributed by atoms with van der Waals surface area (Å²) in [5.74, 6) is 0.173. The van der Waals surface area contributed by atoms with E-state index in [1.165, 1.54) is 19.3 Å². The normalized spacial score (nSPS) is 17.8. The molecule has 0 spiro atoms. The molecule has 1 aromatic heterocycles. The van der Waals surface area contributed by atoms with Crippen molar-refractivity contribution in [3.05, 3.63) is 59.9 Å². The zero-order chi connectivity index (χ0) is 25.3. The minimum Gasteiger partial charge on any atom is -0.481 e. The van der Waals surface area contributed by atoms with Crippen molar-refractivity contribution in [2.45, 2.75) is 70.3 Å². The number of benzene rings is 2. The second-order valence-electron chi connectivity index (χ2n) is 10.1. The fraction of sp³-hybridized carbons (Fsp3) is 0.414. The van der Waals surface area contributed by atoms with Gasteiger partial charge >= 0.3 is 12.1 Å². The lowest BCUT2D eigenvalue weighted by Gasteiger charge is -2.27. The first kappa shape index (κ1) is 24.1. The SMILES string of the molecule is Cc1onc(-c2ccc(-c3ccc(C4(C(=O)O)CC4)cc3)cc2)c1NC(=O)OC(C)C1CCCCC1. The van der Waals surface area contributed by atoms with Gasteiger partial charge in [-0.2, -0.15) is 0 Å². The maximum atomic E-state index is 12.6. The molecule has 7 heteroatoms. The smallest absolute Gasteiger partial charge is 0.412 e. The number of rotatable bonds is 7. The highest BCUT2D eigenvalue weighted by Gasteiger charge is 2.51. The lowest BCUT2D eigenvalue weighted by atomic mass is 9.86. The number of anilines is 1. The molecule has 2 aliphatic carbocycles. The van der Waals surface area contributed by atoms with E-state index in [9.17, 15) is 14.7 Å². The number of hydrogen-bond donors (Lipinski definition) is 2. The Hall–Kier alpha value is -3.61. The summed E-state index contributed by atoms with van der Waals surface area (Å²) in [5.41, 5.74) is 4.03. The van der Waals surface area contributed by atoms with Gasteiger partial charge < -0.3 is 14.4 Å². The van der Waals surface area contributed by atoms with Gasteiger partial charge in [0.25, 0.3) is 0 Å². The van der Waals surface area contributed by atoms with Crippen molar-refractivity contribution in [1.82, 2.24) is 5.16 Å². The van der Waals surface area contributed by atoms with E-state index < -0.39 is 17.5 Å². The average Bonchev–Trinajstić information content (AvgIpc) is 3.64. The largest absolute Gasteiger partial charge is 0.481 e. The van der Waals surface area contributed by atoms with Crippen LogP contribution in [0.2, 0.25) is 0 Å². The molecule has 2 saturated carbocycles. The van der Waals surface area contributed by atoms with Crippen molar-refractivity contribution in [3.8, 4) is 22.4 Å². The van der Waals surface area contributed by atoms with Gasteiger partial charge in [-0.1, -0.05) is 73.0 Å². The Kier molecular flexibility index (Phi) is 6.56. The van der Waals surface area contributed by atoms with Crippen molar-refractivity contribution in [1.29, 1.82) is 0 Å². The first-order valence-corrected chi connectivity index (χ1v) is 12.8. The summed E-state index contributed by atoms with van der Waals surface area (Å²) in [6.45, 7) is 3.73. The molecule has 5 rings (SSSR count). The van der Waals surface area contributed by atoms with Crippen LogP contribution in [0.5, 0.6) is 0 Å². The predicted octanol–water partition coefficient (Wildman–Crippen LogP) is 6.95. The van der Waals surface area contributed by atoms with Crippen LogP contribution in [0.4, 0.5) is 10.5 Å². The van der Waals surface area contributed by atoms with Gasteiger partial charge in [-0.3, -0.25) is 10.1 Å². The third-order valence-corrected chi connectivity index (χ3v) is 7.78. The van der Waals surface area contributed by atoms with Gasteiger partial charge in [0.1, 0.15) is 17.5 Å². The minimum absolute atomic E-state index is 0.134. The number of carbonyl (C=O) groups excluding carboxylic acids is 1. The molecule has 0 aliphatic heterocycles. The van der Waals surface area contributed by atoms with Crippen LogP contribution in [0.25, 0.3) is 22.4 Å². The van der Waals surface area contributed by atoms with E-state index in [4.69, 9.17) is 9.26 Å². The molecule has 1 atom stereocenters. The third-order valence-electron chi connectivity index (χ3n) is 7.78. The summed E-state index contributed by atoms with van der Waals surface area (Å²) in [7, 11) is 0. The second-order valence-corrected chi connectivity index (χ2v) is 10.1. The molecule has 0 radical (unpaired) electrons. The van der Waals surface area contributed by atoms with Gasteiger partial charge in [0, 0.05) is 5.56 Å². The number of aromatic nitrogens is 1. The molecular formula is C29H32N2O5. The van der Waals surface area contributed by atoms with Gasteiger partial charge in [0.2, 0.25) is 0 Å². The van der Waals surface area contributed by atoms with Crippen molar-refractivity contribution in [3.63, 3.8) is 0 Å². The van der Waals surface area contributed by atoms with Crippen LogP contribution in [0, 0.1) is 12.8 Å². The first-order chi connectivity index (χ1) is 17.4. The fourth-order valence-electron chi connectivity index (χ4n) is 5.27. The monoisotopic (exact) mass is 488 g/mol. The highest BCUT2D eigenvalue weighted by molar-refractivity contribution is 5.91. The molecular weight excluding hydrogens is 456 g/mol. The minimum atomic E-state index is -0.751. The van der Waals surface area contributed by atoms with Crippen LogP contribution in [0.3, 0.4) is 0 Å². The quantitative estimate of drug-likeness (QED) is 0.373. The predicted molar refractivity (Wildman–Crippen MR) is 137 cm³/mol. The van der Waals surface area contributed by atoms with E-state index in [2.05, 4.69) is 10.5 Å². The standard InChI is InChI=1S/C29H32N2O5/c1-18(20-6-4-3-5-7-20)35-28(34)30-25-19(2)36-31-26(25)23-10-8-21(9-11-23)22-12-14-24(15-13-22)29(16-17-29)27(32)33/h8-15,18,20H,3-7,16-17H2,1-2H3,(H,30,34)(H,32,33). The Morgan fingerprint density at radius 3 is 2.17 bits per heavy atom. The Morgan fingerprint density at radius 2 is 1.58 bits per heavy atom. The highest BCUT2D eigenvalue weighted by Crippen LogP contribution is 2.48. The number of hydrogen-bond acceptors (Lipinski definition) is 5. The van der Waals surface area contributed by atoms with Gasteiger partial charge in [-0.25, -0.2) is 4.79 Å². The van der Waals surface area contributed by atoms with Gasteiger partial charge in [0.05, 0.1) is 5.41 Å². The molecule has 188 valence electrons. The molecule has 0 saturated heterocycles. The van der Waals surface area contributed by atoms with E-state index in [-0.39, 0.29) is 6.10 Å². The molecule has 7 nitrogen and oxygen atoms in total. The van der Waals surface area contributed by atoms with Crippen molar-refractivity contribution in [2.24, 2.45) is 5.92 Å². The summed E-state index contributed by atoms with van der Waals surface area (Å²) < 4.78 is 11.1. The molecule has 0 bridgehead atoms. The number of amides is 1. The van der Waals surface area contributed by atoms with Crippen molar-refractivity contribution in [2.75, 3.05) is 5.32 Å². The number of nitrogens with zero attached hydrogens (tertiary/aromatic N) is 1. The molecule has 2 aromatic carbocycles. The number of carboxylic acids is 1. The lowest BCUT2D eigenvalue weighted by Crippen LogP contribution is -2.28. The zero-order valence-corrected chi connectivity index (χ0v) is 20.8. The van der Waals surface area contributed by atoms with E-state index in [0.717, 1.165) is 35.1 Å².